The molecule has 1 aliphatic rings. The molecule has 1 aliphatic carbocycles. The van der Waals surface area contributed by atoms with Crippen LogP contribution in [0.5, 0.6) is 0 Å². The molecule has 2 rings (SSSR count). The van der Waals surface area contributed by atoms with E-state index in [2.05, 4.69) is 21.2 Å². The van der Waals surface area contributed by atoms with Crippen LogP contribution >= 0.6 is 15.9 Å². The van der Waals surface area contributed by atoms with Crippen molar-refractivity contribution in [3.63, 3.8) is 0 Å². The van der Waals surface area contributed by atoms with Crippen LogP contribution in [0.4, 0.5) is 4.39 Å². The van der Waals surface area contributed by atoms with Crippen LogP contribution in [0.1, 0.15) is 36.0 Å². The van der Waals surface area contributed by atoms with Crippen LogP contribution in [-0.2, 0) is 0 Å². The van der Waals surface area contributed by atoms with Gasteiger partial charge < -0.3 is 10.4 Å². The number of amides is 1. The van der Waals surface area contributed by atoms with Crippen LogP contribution in [0.15, 0.2) is 22.7 Å². The average molecular weight is 330 g/mol. The van der Waals surface area contributed by atoms with Crippen molar-refractivity contribution in [3.05, 3.63) is 34.1 Å². The normalized spacial score (nSPS) is 23.1. The lowest BCUT2D eigenvalue weighted by molar-refractivity contribution is 0.0870. The quantitative estimate of drug-likeness (QED) is 0.895. The van der Waals surface area contributed by atoms with E-state index in [4.69, 9.17) is 0 Å². The van der Waals surface area contributed by atoms with E-state index in [0.717, 1.165) is 19.3 Å². The van der Waals surface area contributed by atoms with Gasteiger partial charge in [-0.1, -0.05) is 12.5 Å². The molecule has 0 radical (unpaired) electrons. The third-order valence-electron chi connectivity index (χ3n) is 3.50. The number of carbonyl (C=O) groups is 1. The first kappa shape index (κ1) is 14.5. The van der Waals surface area contributed by atoms with Gasteiger partial charge in [0.25, 0.3) is 5.91 Å². The summed E-state index contributed by atoms with van der Waals surface area (Å²) < 4.78 is 14.1. The van der Waals surface area contributed by atoms with Gasteiger partial charge in [-0.3, -0.25) is 4.79 Å². The second-order valence-corrected chi connectivity index (χ2v) is 5.85. The number of carbonyl (C=O) groups excluding carboxylic acids is 1. The minimum atomic E-state index is -0.532. The maximum atomic E-state index is 13.6. The number of halogens is 2. The van der Waals surface area contributed by atoms with Gasteiger partial charge in [-0.15, -0.1) is 0 Å². The fourth-order valence-electron chi connectivity index (χ4n) is 2.49. The summed E-state index contributed by atoms with van der Waals surface area (Å²) in [5, 5.41) is 12.3. The van der Waals surface area contributed by atoms with E-state index in [-0.39, 0.29) is 17.6 Å². The number of aliphatic hydroxyl groups is 1. The molecule has 0 heterocycles. The summed E-state index contributed by atoms with van der Waals surface area (Å²) in [4.78, 5) is 12.0. The lowest BCUT2D eigenvalue weighted by Gasteiger charge is -2.25. The summed E-state index contributed by atoms with van der Waals surface area (Å²) in [5.41, 5.74) is 0.0406. The molecule has 104 valence electrons. The molecule has 5 heteroatoms. The molecule has 0 bridgehead atoms. The standard InChI is InChI=1S/C14H17BrFNO2/c15-11-5-2-6-12(16)13(11)14(19)17-8-9-3-1-4-10(18)7-9/h2,5-6,9-10,18H,1,3-4,7-8H2,(H,17,19). The predicted octanol–water partition coefficient (Wildman–Crippen LogP) is 2.87. The number of rotatable bonds is 3. The third kappa shape index (κ3) is 3.76. The van der Waals surface area contributed by atoms with Gasteiger partial charge in [0.15, 0.2) is 0 Å². The smallest absolute Gasteiger partial charge is 0.255 e. The fourth-order valence-corrected chi connectivity index (χ4v) is 3.01. The molecule has 2 unspecified atom stereocenters. The number of nitrogens with one attached hydrogen (secondary N) is 1. The first-order valence-corrected chi connectivity index (χ1v) is 7.27. The third-order valence-corrected chi connectivity index (χ3v) is 4.16. The second kappa shape index (κ2) is 6.48. The lowest BCUT2D eigenvalue weighted by Crippen LogP contribution is -2.33. The van der Waals surface area contributed by atoms with Gasteiger partial charge in [-0.2, -0.15) is 0 Å². The Hall–Kier alpha value is -0.940. The van der Waals surface area contributed by atoms with E-state index in [9.17, 15) is 14.3 Å². The van der Waals surface area contributed by atoms with Crippen molar-refractivity contribution in [3.8, 4) is 0 Å². The zero-order valence-electron chi connectivity index (χ0n) is 10.5. The van der Waals surface area contributed by atoms with E-state index in [1.807, 2.05) is 0 Å². The molecule has 0 aliphatic heterocycles. The van der Waals surface area contributed by atoms with Crippen LogP contribution in [-0.4, -0.2) is 23.7 Å². The maximum absolute atomic E-state index is 13.6. The molecule has 2 atom stereocenters. The Bertz CT molecular complexity index is 447. The highest BCUT2D eigenvalue weighted by Gasteiger charge is 2.22. The van der Waals surface area contributed by atoms with Gasteiger partial charge in [-0.25, -0.2) is 4.39 Å². The van der Waals surface area contributed by atoms with Gasteiger partial charge in [0, 0.05) is 11.0 Å². The van der Waals surface area contributed by atoms with Crippen molar-refractivity contribution < 1.29 is 14.3 Å². The van der Waals surface area contributed by atoms with Crippen molar-refractivity contribution in [2.75, 3.05) is 6.54 Å². The summed E-state index contributed by atoms with van der Waals surface area (Å²) in [7, 11) is 0. The molecule has 1 aromatic rings. The van der Waals surface area contributed by atoms with E-state index in [0.29, 0.717) is 17.4 Å². The Morgan fingerprint density at radius 2 is 2.26 bits per heavy atom. The fraction of sp³-hybridized carbons (Fsp3) is 0.500. The highest BCUT2D eigenvalue weighted by Crippen LogP contribution is 2.24. The molecule has 0 saturated heterocycles. The summed E-state index contributed by atoms with van der Waals surface area (Å²) in [6.07, 6.45) is 3.25. The molecule has 1 saturated carbocycles. The van der Waals surface area contributed by atoms with Crippen LogP contribution in [0.2, 0.25) is 0 Å². The summed E-state index contributed by atoms with van der Waals surface area (Å²) in [6.45, 7) is 0.483. The zero-order chi connectivity index (χ0) is 13.8. The largest absolute Gasteiger partial charge is 0.393 e. The van der Waals surface area contributed by atoms with E-state index >= 15 is 0 Å². The van der Waals surface area contributed by atoms with Gasteiger partial charge in [0.2, 0.25) is 0 Å². The predicted molar refractivity (Wildman–Crippen MR) is 74.4 cm³/mol. The van der Waals surface area contributed by atoms with Crippen molar-refractivity contribution in [2.24, 2.45) is 5.92 Å². The highest BCUT2D eigenvalue weighted by molar-refractivity contribution is 9.10. The molecule has 19 heavy (non-hydrogen) atoms. The van der Waals surface area contributed by atoms with E-state index < -0.39 is 11.7 Å². The Morgan fingerprint density at radius 1 is 1.47 bits per heavy atom. The van der Waals surface area contributed by atoms with Crippen LogP contribution < -0.4 is 5.32 Å². The minimum absolute atomic E-state index is 0.0406. The second-order valence-electron chi connectivity index (χ2n) is 4.99. The number of benzene rings is 1. The molecular weight excluding hydrogens is 313 g/mol. The Labute approximate surface area is 120 Å². The topological polar surface area (TPSA) is 49.3 Å². The number of aliphatic hydroxyl groups excluding tert-OH is 1. The summed E-state index contributed by atoms with van der Waals surface area (Å²) in [6, 6.07) is 4.46. The zero-order valence-corrected chi connectivity index (χ0v) is 12.1. The molecular formula is C14H17BrFNO2. The number of hydrogen-bond acceptors (Lipinski definition) is 2. The lowest BCUT2D eigenvalue weighted by atomic mass is 9.87. The molecule has 1 aromatic carbocycles. The van der Waals surface area contributed by atoms with Crippen LogP contribution in [0, 0.1) is 11.7 Å². The van der Waals surface area contributed by atoms with Crippen molar-refractivity contribution >= 4 is 21.8 Å². The van der Waals surface area contributed by atoms with Crippen LogP contribution in [0.25, 0.3) is 0 Å². The SMILES string of the molecule is O=C(NCC1CCCC(O)C1)c1c(F)cccc1Br. The van der Waals surface area contributed by atoms with Gasteiger partial charge in [0.05, 0.1) is 11.7 Å². The molecule has 1 amide bonds. The molecule has 0 spiro atoms. The van der Waals surface area contributed by atoms with E-state index in [1.165, 1.54) is 6.07 Å². The monoisotopic (exact) mass is 329 g/mol. The van der Waals surface area contributed by atoms with Gasteiger partial charge in [0.1, 0.15) is 5.82 Å². The first-order valence-electron chi connectivity index (χ1n) is 6.48. The molecule has 1 fully saturated rings. The maximum Gasteiger partial charge on any atom is 0.255 e. The van der Waals surface area contributed by atoms with Crippen molar-refractivity contribution in [1.29, 1.82) is 0 Å². The van der Waals surface area contributed by atoms with Gasteiger partial charge >= 0.3 is 0 Å². The average Bonchev–Trinajstić information content (AvgIpc) is 2.36. The van der Waals surface area contributed by atoms with Crippen molar-refractivity contribution in [2.45, 2.75) is 31.8 Å². The van der Waals surface area contributed by atoms with Crippen LogP contribution in [0.3, 0.4) is 0 Å². The Morgan fingerprint density at radius 3 is 2.95 bits per heavy atom. The van der Waals surface area contributed by atoms with E-state index in [1.54, 1.807) is 12.1 Å². The first-order chi connectivity index (χ1) is 9.08. The minimum Gasteiger partial charge on any atom is -0.393 e. The summed E-state index contributed by atoms with van der Waals surface area (Å²) >= 11 is 3.18. The Kier molecular flexibility index (Phi) is 4.93. The van der Waals surface area contributed by atoms with Gasteiger partial charge in [-0.05, 0) is 53.2 Å². The molecule has 0 aromatic heterocycles. The number of hydrogen-bond donors (Lipinski definition) is 2. The van der Waals surface area contributed by atoms with Crippen molar-refractivity contribution in [1.82, 2.24) is 5.32 Å². The molecule has 3 nitrogen and oxygen atoms in total. The molecule has 2 N–H and O–H groups in total. The Balaban J connectivity index is 1.94. The highest BCUT2D eigenvalue weighted by atomic mass is 79.9. The summed E-state index contributed by atoms with van der Waals surface area (Å²) in [5.74, 6) is -0.668.